The molecule has 0 bridgehead atoms. The number of aryl methyl sites for hydroxylation is 3. The Morgan fingerprint density at radius 1 is 1.30 bits per heavy atom. The Bertz CT molecular complexity index is 1030. The lowest BCUT2D eigenvalue weighted by molar-refractivity contribution is -0.111. The maximum atomic E-state index is 12.2. The van der Waals surface area contributed by atoms with Gasteiger partial charge in [0.1, 0.15) is 5.15 Å². The number of nitrogens with zero attached hydrogens (tertiary/aromatic N) is 2. The number of hydrogen-bond acceptors (Lipinski definition) is 4. The minimum atomic E-state index is -3.03. The van der Waals surface area contributed by atoms with Crippen molar-refractivity contribution >= 4 is 39.1 Å². The zero-order valence-corrected chi connectivity index (χ0v) is 17.1. The van der Waals surface area contributed by atoms with E-state index in [1.54, 1.807) is 17.7 Å². The normalized spacial score (nSPS) is 18.9. The molecule has 1 aliphatic rings. The molecule has 1 aromatic carbocycles. The van der Waals surface area contributed by atoms with Gasteiger partial charge in [0.15, 0.2) is 9.84 Å². The van der Waals surface area contributed by atoms with E-state index in [0.29, 0.717) is 22.8 Å². The minimum absolute atomic E-state index is 0.0459. The number of rotatable bonds is 4. The smallest absolute Gasteiger partial charge is 0.248 e. The summed E-state index contributed by atoms with van der Waals surface area (Å²) in [6.45, 7) is 5.78. The van der Waals surface area contributed by atoms with Gasteiger partial charge in [0.05, 0.1) is 23.2 Å². The maximum Gasteiger partial charge on any atom is 0.248 e. The molecular formula is C19H22ClN3O3S. The molecular weight excluding hydrogens is 386 g/mol. The van der Waals surface area contributed by atoms with Gasteiger partial charge in [0.25, 0.3) is 0 Å². The van der Waals surface area contributed by atoms with E-state index in [1.807, 2.05) is 32.0 Å². The SMILES string of the molecule is Cc1ccc(NC(=O)/C=C/c2c(C)nn([C@@H]3CCS(=O)(=O)C3)c2Cl)cc1C. The standard InChI is InChI=1S/C19H22ClN3O3S/c1-12-4-5-15(10-13(12)2)21-18(24)7-6-17-14(3)22-23(19(17)20)16-8-9-27(25,26)11-16/h4-7,10,16H,8-9,11H2,1-3H3,(H,21,24)/b7-6+/t16-/m1/s1. The van der Waals surface area contributed by atoms with Crippen LogP contribution in [-0.2, 0) is 14.6 Å². The molecule has 0 saturated carbocycles. The highest BCUT2D eigenvalue weighted by Gasteiger charge is 2.31. The number of anilines is 1. The van der Waals surface area contributed by atoms with Crippen molar-refractivity contribution in [1.82, 2.24) is 9.78 Å². The highest BCUT2D eigenvalue weighted by atomic mass is 35.5. The van der Waals surface area contributed by atoms with E-state index >= 15 is 0 Å². The van der Waals surface area contributed by atoms with Crippen molar-refractivity contribution in [3.05, 3.63) is 51.8 Å². The van der Waals surface area contributed by atoms with E-state index in [1.165, 1.54) is 6.08 Å². The zero-order chi connectivity index (χ0) is 19.8. The lowest BCUT2D eigenvalue weighted by Crippen LogP contribution is -2.12. The Morgan fingerprint density at radius 2 is 2.04 bits per heavy atom. The summed E-state index contributed by atoms with van der Waals surface area (Å²) in [4.78, 5) is 12.2. The molecule has 3 rings (SSSR count). The third kappa shape index (κ3) is 4.42. The summed E-state index contributed by atoms with van der Waals surface area (Å²) in [7, 11) is -3.03. The summed E-state index contributed by atoms with van der Waals surface area (Å²) in [6, 6.07) is 5.46. The molecule has 0 radical (unpaired) electrons. The monoisotopic (exact) mass is 407 g/mol. The number of nitrogens with one attached hydrogen (secondary N) is 1. The molecule has 0 spiro atoms. The molecule has 1 saturated heterocycles. The summed E-state index contributed by atoms with van der Waals surface area (Å²) < 4.78 is 25.0. The van der Waals surface area contributed by atoms with Crippen LogP contribution in [0.25, 0.3) is 6.08 Å². The van der Waals surface area contributed by atoms with Crippen LogP contribution in [0.2, 0.25) is 5.15 Å². The minimum Gasteiger partial charge on any atom is -0.323 e. The fraction of sp³-hybridized carbons (Fsp3) is 0.368. The predicted octanol–water partition coefficient (Wildman–Crippen LogP) is 3.47. The first-order valence-corrected chi connectivity index (χ1v) is 10.9. The van der Waals surface area contributed by atoms with E-state index in [9.17, 15) is 13.2 Å². The second-order valence-corrected chi connectivity index (χ2v) is 9.50. The van der Waals surface area contributed by atoms with Crippen LogP contribution in [0.1, 0.15) is 34.8 Å². The Hall–Kier alpha value is -2.12. The van der Waals surface area contributed by atoms with E-state index in [2.05, 4.69) is 10.4 Å². The number of aromatic nitrogens is 2. The molecule has 1 fully saturated rings. The molecule has 1 amide bonds. The number of amides is 1. The first kappa shape index (κ1) is 19.6. The van der Waals surface area contributed by atoms with Crippen molar-refractivity contribution < 1.29 is 13.2 Å². The molecule has 1 N–H and O–H groups in total. The van der Waals surface area contributed by atoms with Crippen LogP contribution in [-0.4, -0.2) is 35.6 Å². The maximum absolute atomic E-state index is 12.2. The van der Waals surface area contributed by atoms with Gasteiger partial charge in [-0.05, 0) is 56.5 Å². The Labute approximate surface area is 164 Å². The average molecular weight is 408 g/mol. The number of sulfone groups is 1. The van der Waals surface area contributed by atoms with Crippen LogP contribution in [0.5, 0.6) is 0 Å². The molecule has 1 atom stereocenters. The van der Waals surface area contributed by atoms with Gasteiger partial charge in [-0.1, -0.05) is 17.7 Å². The van der Waals surface area contributed by atoms with Crippen LogP contribution in [0.15, 0.2) is 24.3 Å². The molecule has 8 heteroatoms. The second-order valence-electron chi connectivity index (χ2n) is 6.91. The summed E-state index contributed by atoms with van der Waals surface area (Å²) in [5.41, 5.74) is 4.26. The van der Waals surface area contributed by atoms with Gasteiger partial charge < -0.3 is 5.32 Å². The predicted molar refractivity (Wildman–Crippen MR) is 108 cm³/mol. The molecule has 0 aliphatic carbocycles. The average Bonchev–Trinajstić information content (AvgIpc) is 3.08. The van der Waals surface area contributed by atoms with Gasteiger partial charge >= 0.3 is 0 Å². The molecule has 6 nitrogen and oxygen atoms in total. The Morgan fingerprint density at radius 3 is 2.67 bits per heavy atom. The van der Waals surface area contributed by atoms with Crippen molar-refractivity contribution in [2.24, 2.45) is 0 Å². The molecule has 2 heterocycles. The summed E-state index contributed by atoms with van der Waals surface area (Å²) in [5.74, 6) is -0.0781. The fourth-order valence-corrected chi connectivity index (χ4v) is 5.16. The number of carbonyl (C=O) groups excluding carboxylic acids is 1. The highest BCUT2D eigenvalue weighted by Crippen LogP contribution is 2.30. The quantitative estimate of drug-likeness (QED) is 0.787. The highest BCUT2D eigenvalue weighted by molar-refractivity contribution is 7.91. The topological polar surface area (TPSA) is 81.1 Å². The number of carbonyl (C=O) groups is 1. The van der Waals surface area contributed by atoms with Gasteiger partial charge in [-0.2, -0.15) is 5.10 Å². The van der Waals surface area contributed by atoms with E-state index in [4.69, 9.17) is 11.6 Å². The van der Waals surface area contributed by atoms with Crippen molar-refractivity contribution in [2.45, 2.75) is 33.2 Å². The van der Waals surface area contributed by atoms with Crippen molar-refractivity contribution in [2.75, 3.05) is 16.8 Å². The van der Waals surface area contributed by atoms with Crippen LogP contribution < -0.4 is 5.32 Å². The molecule has 1 aromatic heterocycles. The third-order valence-corrected chi connectivity index (χ3v) is 6.93. The summed E-state index contributed by atoms with van der Waals surface area (Å²) in [5, 5.41) is 7.55. The number of benzene rings is 1. The van der Waals surface area contributed by atoms with E-state index < -0.39 is 9.84 Å². The van der Waals surface area contributed by atoms with Crippen LogP contribution in [0, 0.1) is 20.8 Å². The van der Waals surface area contributed by atoms with Gasteiger partial charge in [-0.15, -0.1) is 0 Å². The van der Waals surface area contributed by atoms with Crippen LogP contribution >= 0.6 is 11.6 Å². The molecule has 144 valence electrons. The molecule has 27 heavy (non-hydrogen) atoms. The third-order valence-electron chi connectivity index (χ3n) is 4.80. The van der Waals surface area contributed by atoms with Gasteiger partial charge in [0.2, 0.25) is 5.91 Å². The lowest BCUT2D eigenvalue weighted by Gasteiger charge is -2.09. The van der Waals surface area contributed by atoms with Gasteiger partial charge in [-0.3, -0.25) is 4.79 Å². The Kier molecular flexibility index (Phi) is 5.44. The van der Waals surface area contributed by atoms with Crippen molar-refractivity contribution in [3.8, 4) is 0 Å². The molecule has 1 aliphatic heterocycles. The summed E-state index contributed by atoms with van der Waals surface area (Å²) >= 11 is 6.41. The van der Waals surface area contributed by atoms with E-state index in [-0.39, 0.29) is 23.5 Å². The van der Waals surface area contributed by atoms with Crippen molar-refractivity contribution in [3.63, 3.8) is 0 Å². The van der Waals surface area contributed by atoms with E-state index in [0.717, 1.165) is 16.8 Å². The zero-order valence-electron chi connectivity index (χ0n) is 15.5. The van der Waals surface area contributed by atoms with Gasteiger partial charge in [-0.25, -0.2) is 13.1 Å². The van der Waals surface area contributed by atoms with Crippen LogP contribution in [0.3, 0.4) is 0 Å². The van der Waals surface area contributed by atoms with Crippen LogP contribution in [0.4, 0.5) is 5.69 Å². The molecule has 0 unspecified atom stereocenters. The largest absolute Gasteiger partial charge is 0.323 e. The second kappa shape index (κ2) is 7.48. The van der Waals surface area contributed by atoms with Gasteiger partial charge in [0, 0.05) is 17.3 Å². The summed E-state index contributed by atoms with van der Waals surface area (Å²) in [6.07, 6.45) is 3.52. The lowest BCUT2D eigenvalue weighted by atomic mass is 10.1. The molecule has 2 aromatic rings. The Balaban J connectivity index is 1.75. The number of hydrogen-bond donors (Lipinski definition) is 1. The first-order chi connectivity index (χ1) is 12.7. The fourth-order valence-electron chi connectivity index (χ4n) is 3.09. The van der Waals surface area contributed by atoms with Crippen molar-refractivity contribution in [1.29, 1.82) is 0 Å². The number of halogens is 1. The first-order valence-electron chi connectivity index (χ1n) is 8.67.